The van der Waals surface area contributed by atoms with Gasteiger partial charge >= 0.3 is 5.97 Å². The SMILES string of the molecule is CN(Cc1cc(Cl)cc(Cl)c1)C(=O)/C=C1/OC(C)(C)OC1=O. The van der Waals surface area contributed by atoms with Crippen molar-refractivity contribution in [3.8, 4) is 0 Å². The number of carbonyl (C=O) groups is 2. The summed E-state index contributed by atoms with van der Waals surface area (Å²) < 4.78 is 10.2. The van der Waals surface area contributed by atoms with Crippen LogP contribution in [0, 0.1) is 0 Å². The number of benzene rings is 1. The summed E-state index contributed by atoms with van der Waals surface area (Å²) in [5, 5.41) is 0.984. The van der Waals surface area contributed by atoms with Gasteiger partial charge in [0.05, 0.1) is 6.08 Å². The minimum Gasteiger partial charge on any atom is -0.445 e. The van der Waals surface area contributed by atoms with E-state index in [0.29, 0.717) is 16.6 Å². The van der Waals surface area contributed by atoms with Crippen molar-refractivity contribution in [3.05, 3.63) is 45.6 Å². The molecule has 0 radical (unpaired) electrons. The lowest BCUT2D eigenvalue weighted by Crippen LogP contribution is -2.25. The summed E-state index contributed by atoms with van der Waals surface area (Å²) in [4.78, 5) is 25.1. The Balaban J connectivity index is 2.08. The number of amides is 1. The van der Waals surface area contributed by atoms with E-state index in [-0.39, 0.29) is 11.7 Å². The average Bonchev–Trinajstić information content (AvgIpc) is 2.60. The van der Waals surface area contributed by atoms with Crippen LogP contribution >= 0.6 is 23.2 Å². The van der Waals surface area contributed by atoms with Crippen molar-refractivity contribution in [3.63, 3.8) is 0 Å². The number of cyclic esters (lactones) is 1. The molecule has 0 unspecified atom stereocenters. The zero-order valence-electron chi connectivity index (χ0n) is 12.4. The van der Waals surface area contributed by atoms with Gasteiger partial charge in [-0.15, -0.1) is 0 Å². The molecular weight excluding hydrogens is 329 g/mol. The van der Waals surface area contributed by atoms with Crippen LogP contribution in [0.15, 0.2) is 30.0 Å². The summed E-state index contributed by atoms with van der Waals surface area (Å²) in [5.41, 5.74) is 0.780. The number of hydrogen-bond donors (Lipinski definition) is 0. The highest BCUT2D eigenvalue weighted by Crippen LogP contribution is 2.26. The van der Waals surface area contributed by atoms with E-state index in [1.54, 1.807) is 39.1 Å². The van der Waals surface area contributed by atoms with Crippen LogP contribution in [0.1, 0.15) is 19.4 Å². The van der Waals surface area contributed by atoms with E-state index in [0.717, 1.165) is 11.6 Å². The second-order valence-electron chi connectivity index (χ2n) is 5.37. The number of likely N-dealkylation sites (N-methyl/N-ethyl adjacent to an activating group) is 1. The maximum atomic E-state index is 12.1. The van der Waals surface area contributed by atoms with Crippen LogP contribution in [-0.4, -0.2) is 29.6 Å². The van der Waals surface area contributed by atoms with E-state index in [1.165, 1.54) is 4.90 Å². The van der Waals surface area contributed by atoms with Crippen molar-refractivity contribution < 1.29 is 19.1 Å². The van der Waals surface area contributed by atoms with Gasteiger partial charge in [0.1, 0.15) is 0 Å². The van der Waals surface area contributed by atoms with E-state index in [2.05, 4.69) is 0 Å². The van der Waals surface area contributed by atoms with Crippen LogP contribution in [0.2, 0.25) is 10.0 Å². The normalized spacial score (nSPS) is 18.0. The van der Waals surface area contributed by atoms with Crippen LogP contribution in [-0.2, 0) is 25.6 Å². The highest BCUT2D eigenvalue weighted by molar-refractivity contribution is 6.34. The monoisotopic (exact) mass is 343 g/mol. The van der Waals surface area contributed by atoms with Crippen LogP contribution in [0.4, 0.5) is 0 Å². The predicted molar refractivity (Wildman–Crippen MR) is 82.3 cm³/mol. The number of esters is 1. The Hall–Kier alpha value is -1.72. The Labute approximate surface area is 138 Å². The first-order valence-corrected chi connectivity index (χ1v) is 7.26. The summed E-state index contributed by atoms with van der Waals surface area (Å²) in [5.74, 6) is -2.20. The lowest BCUT2D eigenvalue weighted by Gasteiger charge is -2.16. The largest absolute Gasteiger partial charge is 0.445 e. The first-order valence-electron chi connectivity index (χ1n) is 6.50. The topological polar surface area (TPSA) is 55.8 Å². The molecule has 22 heavy (non-hydrogen) atoms. The van der Waals surface area contributed by atoms with Crippen molar-refractivity contribution in [2.75, 3.05) is 7.05 Å². The third-order valence-electron chi connectivity index (χ3n) is 2.87. The Morgan fingerprint density at radius 3 is 2.32 bits per heavy atom. The molecule has 1 amide bonds. The highest BCUT2D eigenvalue weighted by atomic mass is 35.5. The smallest absolute Gasteiger partial charge is 0.377 e. The minimum atomic E-state index is -1.05. The Kier molecular flexibility index (Phi) is 4.68. The van der Waals surface area contributed by atoms with Gasteiger partial charge in [-0.1, -0.05) is 23.2 Å². The van der Waals surface area contributed by atoms with Gasteiger partial charge in [0.2, 0.25) is 11.5 Å². The summed E-state index contributed by atoms with van der Waals surface area (Å²) in [7, 11) is 1.60. The Morgan fingerprint density at radius 2 is 1.82 bits per heavy atom. The average molecular weight is 344 g/mol. The standard InChI is InChI=1S/C15H15Cl2NO4/c1-15(2)21-12(14(20)22-15)7-13(19)18(3)8-9-4-10(16)6-11(17)5-9/h4-7H,8H2,1-3H3/b12-7+. The number of hydrogen-bond acceptors (Lipinski definition) is 4. The molecule has 0 bridgehead atoms. The number of nitrogens with zero attached hydrogens (tertiary/aromatic N) is 1. The van der Waals surface area contributed by atoms with Crippen molar-refractivity contribution >= 4 is 35.1 Å². The molecule has 1 aliphatic heterocycles. The Morgan fingerprint density at radius 1 is 1.23 bits per heavy atom. The van der Waals surface area contributed by atoms with Crippen LogP contribution in [0.5, 0.6) is 0 Å². The van der Waals surface area contributed by atoms with Gasteiger partial charge in [-0.05, 0) is 23.8 Å². The van der Waals surface area contributed by atoms with Gasteiger partial charge < -0.3 is 14.4 Å². The molecule has 0 aliphatic carbocycles. The first-order chi connectivity index (χ1) is 10.2. The molecule has 0 spiro atoms. The molecule has 5 nitrogen and oxygen atoms in total. The van der Waals surface area contributed by atoms with Crippen molar-refractivity contribution in [2.45, 2.75) is 26.2 Å². The van der Waals surface area contributed by atoms with E-state index in [1.807, 2.05) is 0 Å². The van der Waals surface area contributed by atoms with Crippen molar-refractivity contribution in [1.82, 2.24) is 4.90 Å². The van der Waals surface area contributed by atoms with Gasteiger partial charge in [-0.3, -0.25) is 4.79 Å². The third kappa shape index (κ3) is 4.15. The predicted octanol–water partition coefficient (Wildman–Crippen LogP) is 3.15. The molecule has 2 rings (SSSR count). The second kappa shape index (κ2) is 6.18. The van der Waals surface area contributed by atoms with Gasteiger partial charge in [0.15, 0.2) is 0 Å². The lowest BCUT2D eigenvalue weighted by molar-refractivity contribution is -0.159. The number of halogens is 2. The maximum Gasteiger partial charge on any atom is 0.377 e. The first kappa shape index (κ1) is 16.6. The summed E-state index contributed by atoms with van der Waals surface area (Å²) in [6.07, 6.45) is 1.11. The van der Waals surface area contributed by atoms with Crippen LogP contribution < -0.4 is 0 Å². The minimum absolute atomic E-state index is 0.106. The van der Waals surface area contributed by atoms with Gasteiger partial charge in [-0.2, -0.15) is 0 Å². The third-order valence-corrected chi connectivity index (χ3v) is 3.30. The van der Waals surface area contributed by atoms with E-state index in [4.69, 9.17) is 32.7 Å². The molecule has 118 valence electrons. The van der Waals surface area contributed by atoms with E-state index >= 15 is 0 Å². The van der Waals surface area contributed by atoms with Gasteiger partial charge in [0, 0.05) is 37.5 Å². The molecular formula is C15H15Cl2NO4. The molecule has 1 aromatic rings. The lowest BCUT2D eigenvalue weighted by atomic mass is 10.2. The second-order valence-corrected chi connectivity index (χ2v) is 6.24. The molecule has 1 saturated heterocycles. The molecule has 1 aromatic carbocycles. The molecule has 0 atom stereocenters. The molecule has 7 heteroatoms. The fraction of sp³-hybridized carbons (Fsp3) is 0.333. The highest BCUT2D eigenvalue weighted by Gasteiger charge is 2.37. The summed E-state index contributed by atoms with van der Waals surface area (Å²) in [6.45, 7) is 3.48. The Bertz CT molecular complexity index is 635. The maximum absolute atomic E-state index is 12.1. The van der Waals surface area contributed by atoms with Gasteiger partial charge in [0.25, 0.3) is 5.91 Å². The fourth-order valence-electron chi connectivity index (χ4n) is 1.97. The number of rotatable bonds is 3. The summed E-state index contributed by atoms with van der Waals surface area (Å²) >= 11 is 11.8. The molecule has 0 N–H and O–H groups in total. The van der Waals surface area contributed by atoms with E-state index in [9.17, 15) is 9.59 Å². The quantitative estimate of drug-likeness (QED) is 0.624. The van der Waals surface area contributed by atoms with E-state index < -0.39 is 11.8 Å². The molecule has 1 aliphatic rings. The van der Waals surface area contributed by atoms with Crippen molar-refractivity contribution in [2.24, 2.45) is 0 Å². The molecule has 0 aromatic heterocycles. The van der Waals surface area contributed by atoms with Gasteiger partial charge in [-0.25, -0.2) is 4.79 Å². The fourth-order valence-corrected chi connectivity index (χ4v) is 2.54. The molecule has 1 fully saturated rings. The zero-order valence-corrected chi connectivity index (χ0v) is 13.9. The number of carbonyl (C=O) groups excluding carboxylic acids is 2. The number of ether oxygens (including phenoxy) is 2. The van der Waals surface area contributed by atoms with Crippen molar-refractivity contribution in [1.29, 1.82) is 0 Å². The zero-order chi connectivity index (χ0) is 16.5. The van der Waals surface area contributed by atoms with Crippen LogP contribution in [0.3, 0.4) is 0 Å². The molecule has 1 heterocycles. The summed E-state index contributed by atoms with van der Waals surface area (Å²) in [6, 6.07) is 5.04. The van der Waals surface area contributed by atoms with Crippen LogP contribution in [0.25, 0.3) is 0 Å². The molecule has 0 saturated carbocycles.